The number of morpholine rings is 1. The zero-order chi connectivity index (χ0) is 21.0. The number of aryl methyl sites for hydroxylation is 2. The smallest absolute Gasteiger partial charge is 0.410 e. The molecule has 0 saturated carbocycles. The number of piperidine rings is 1. The summed E-state index contributed by atoms with van der Waals surface area (Å²) in [5.74, 6) is 0.104. The molecule has 0 N–H and O–H groups in total. The van der Waals surface area contributed by atoms with Crippen LogP contribution in [0.5, 0.6) is 0 Å². The second-order valence-corrected chi connectivity index (χ2v) is 9.88. The Balaban J connectivity index is 1.42. The number of benzene rings is 2. The molecule has 0 spiro atoms. The van der Waals surface area contributed by atoms with E-state index in [0.717, 1.165) is 23.8 Å². The maximum Gasteiger partial charge on any atom is 0.410 e. The van der Waals surface area contributed by atoms with Crippen LogP contribution in [0.2, 0.25) is 0 Å². The number of Topliss-reactive ketones (excluding diaryl/α,β-unsaturated/α-hetero) is 1. The zero-order valence-electron chi connectivity index (χ0n) is 17.9. The monoisotopic (exact) mass is 407 g/mol. The summed E-state index contributed by atoms with van der Waals surface area (Å²) in [6.45, 7) is 6.56. The van der Waals surface area contributed by atoms with E-state index in [0.29, 0.717) is 26.1 Å². The molecule has 3 aliphatic rings. The van der Waals surface area contributed by atoms with Crippen molar-refractivity contribution in [2.45, 2.75) is 64.1 Å². The highest BCUT2D eigenvalue weighted by Crippen LogP contribution is 2.38. The summed E-state index contributed by atoms with van der Waals surface area (Å²) in [4.78, 5) is 28.2. The number of ketones is 1. The Kier molecular flexibility index (Phi) is 4.62. The number of carbonyl (C=O) groups is 2. The maximum atomic E-state index is 13.6. The Morgan fingerprint density at radius 2 is 1.67 bits per heavy atom. The first-order valence-corrected chi connectivity index (χ1v) is 11.0. The number of fused-ring (bicyclic) bond motifs is 2. The summed E-state index contributed by atoms with van der Waals surface area (Å²) in [6.07, 6.45) is 3.06. The predicted octanol–water partition coefficient (Wildman–Crippen LogP) is 4.54. The average molecular weight is 408 g/mol. The van der Waals surface area contributed by atoms with E-state index < -0.39 is 5.60 Å². The fourth-order valence-electron chi connectivity index (χ4n) is 5.42. The topological polar surface area (TPSA) is 55.8 Å². The number of nitrogens with zero attached hydrogens (tertiary/aromatic N) is 1. The molecule has 1 aliphatic carbocycles. The minimum absolute atomic E-state index is 0.0963. The van der Waals surface area contributed by atoms with Gasteiger partial charge in [-0.3, -0.25) is 9.69 Å². The van der Waals surface area contributed by atoms with Crippen LogP contribution in [-0.4, -0.2) is 47.7 Å². The number of amides is 1. The fraction of sp³-hybridized carbons (Fsp3) is 0.520. The van der Waals surface area contributed by atoms with Gasteiger partial charge >= 0.3 is 6.09 Å². The number of ether oxygens (including phenoxy) is 2. The Labute approximate surface area is 177 Å². The lowest BCUT2D eigenvalue weighted by Gasteiger charge is -2.47. The summed E-state index contributed by atoms with van der Waals surface area (Å²) in [6, 6.07) is 10.2. The molecular formula is C25H29NO4. The molecule has 2 aliphatic heterocycles. The number of rotatable bonds is 2. The van der Waals surface area contributed by atoms with E-state index in [-0.39, 0.29) is 29.9 Å². The van der Waals surface area contributed by atoms with Crippen LogP contribution >= 0.6 is 0 Å². The molecule has 158 valence electrons. The van der Waals surface area contributed by atoms with Gasteiger partial charge in [-0.2, -0.15) is 0 Å². The van der Waals surface area contributed by atoms with Crippen LogP contribution in [0, 0.1) is 5.92 Å². The lowest BCUT2D eigenvalue weighted by atomic mass is 9.80. The molecule has 5 nitrogen and oxygen atoms in total. The third kappa shape index (κ3) is 3.29. The van der Waals surface area contributed by atoms with Gasteiger partial charge in [0.25, 0.3) is 0 Å². The Bertz CT molecular complexity index is 997. The second kappa shape index (κ2) is 7.09. The van der Waals surface area contributed by atoms with Crippen molar-refractivity contribution in [3.8, 4) is 0 Å². The molecule has 5 heteroatoms. The molecule has 2 heterocycles. The van der Waals surface area contributed by atoms with Gasteiger partial charge in [-0.05, 0) is 68.4 Å². The van der Waals surface area contributed by atoms with Crippen LogP contribution in [0.25, 0.3) is 10.8 Å². The number of hydrogen-bond acceptors (Lipinski definition) is 4. The van der Waals surface area contributed by atoms with Crippen LogP contribution in [0.3, 0.4) is 0 Å². The van der Waals surface area contributed by atoms with E-state index in [1.807, 2.05) is 31.7 Å². The molecule has 1 amide bonds. The van der Waals surface area contributed by atoms with E-state index in [9.17, 15) is 9.59 Å². The molecule has 30 heavy (non-hydrogen) atoms. The first-order chi connectivity index (χ1) is 14.3. The number of hydrogen-bond donors (Lipinski definition) is 0. The minimum atomic E-state index is -0.538. The molecule has 0 aromatic heterocycles. The van der Waals surface area contributed by atoms with Crippen molar-refractivity contribution in [3.05, 3.63) is 47.0 Å². The Hall–Kier alpha value is -2.40. The minimum Gasteiger partial charge on any atom is -0.444 e. The second-order valence-electron chi connectivity index (χ2n) is 9.88. The molecule has 2 aromatic carbocycles. The highest BCUT2D eigenvalue weighted by molar-refractivity contribution is 6.11. The molecule has 5 rings (SSSR count). The summed E-state index contributed by atoms with van der Waals surface area (Å²) >= 11 is 0. The summed E-state index contributed by atoms with van der Waals surface area (Å²) in [5.41, 5.74) is 2.99. The van der Waals surface area contributed by atoms with Crippen molar-refractivity contribution in [3.63, 3.8) is 0 Å². The molecule has 0 radical (unpaired) electrons. The standard InChI is InChI=1S/C25H29NO4/c1-25(2,3)30-24(28)26-18-11-17(12-19(26)14-29-13-18)23(27)21-10-9-16-8-7-15-5-4-6-20(21)22(15)16/h4-6,9-10,17-19H,7-8,11-14H2,1-3H3. The van der Waals surface area contributed by atoms with Crippen molar-refractivity contribution >= 4 is 22.6 Å². The van der Waals surface area contributed by atoms with Crippen molar-refractivity contribution in [1.29, 1.82) is 0 Å². The summed E-state index contributed by atoms with van der Waals surface area (Å²) < 4.78 is 11.4. The van der Waals surface area contributed by atoms with Crippen LogP contribution in [-0.2, 0) is 22.3 Å². The first-order valence-electron chi connectivity index (χ1n) is 11.0. The van der Waals surface area contributed by atoms with E-state index in [2.05, 4.69) is 24.3 Å². The van der Waals surface area contributed by atoms with E-state index >= 15 is 0 Å². The zero-order valence-corrected chi connectivity index (χ0v) is 17.9. The predicted molar refractivity (Wildman–Crippen MR) is 115 cm³/mol. The molecule has 2 fully saturated rings. The van der Waals surface area contributed by atoms with Crippen molar-refractivity contribution in [1.82, 2.24) is 4.90 Å². The van der Waals surface area contributed by atoms with Crippen molar-refractivity contribution in [2.75, 3.05) is 13.2 Å². The van der Waals surface area contributed by atoms with Gasteiger partial charge < -0.3 is 9.47 Å². The van der Waals surface area contributed by atoms with Crippen LogP contribution in [0.4, 0.5) is 4.79 Å². The normalized spacial score (nSPS) is 25.4. The van der Waals surface area contributed by atoms with Crippen LogP contribution in [0.15, 0.2) is 30.3 Å². The van der Waals surface area contributed by atoms with Gasteiger partial charge in [0, 0.05) is 11.5 Å². The van der Waals surface area contributed by atoms with Gasteiger partial charge in [-0.15, -0.1) is 0 Å². The summed E-state index contributed by atoms with van der Waals surface area (Å²) in [7, 11) is 0. The fourth-order valence-corrected chi connectivity index (χ4v) is 5.42. The Morgan fingerprint density at radius 3 is 2.33 bits per heavy atom. The third-order valence-electron chi connectivity index (χ3n) is 6.64. The van der Waals surface area contributed by atoms with E-state index in [1.54, 1.807) is 0 Å². The SMILES string of the molecule is CC(C)(C)OC(=O)N1C2COCC1CC(C(=O)c1ccc3c4c(cccc14)CC3)C2. The van der Waals surface area contributed by atoms with Gasteiger partial charge in [-0.25, -0.2) is 4.79 Å². The molecule has 2 atom stereocenters. The molecule has 2 unspecified atom stereocenters. The van der Waals surface area contributed by atoms with Crippen molar-refractivity contribution in [2.24, 2.45) is 5.92 Å². The molecule has 2 aromatic rings. The highest BCUT2D eigenvalue weighted by atomic mass is 16.6. The molecular weight excluding hydrogens is 378 g/mol. The van der Waals surface area contributed by atoms with E-state index in [4.69, 9.17) is 9.47 Å². The largest absolute Gasteiger partial charge is 0.444 e. The first kappa shape index (κ1) is 19.6. The third-order valence-corrected chi connectivity index (χ3v) is 6.64. The van der Waals surface area contributed by atoms with Crippen LogP contribution in [0.1, 0.15) is 55.1 Å². The van der Waals surface area contributed by atoms with Gasteiger partial charge in [-0.1, -0.05) is 30.3 Å². The molecule has 2 saturated heterocycles. The van der Waals surface area contributed by atoms with Crippen molar-refractivity contribution < 1.29 is 19.1 Å². The summed E-state index contributed by atoms with van der Waals surface area (Å²) in [5, 5.41) is 2.36. The van der Waals surface area contributed by atoms with E-state index in [1.165, 1.54) is 16.5 Å². The number of carbonyl (C=O) groups excluding carboxylic acids is 2. The average Bonchev–Trinajstić information content (AvgIpc) is 3.10. The van der Waals surface area contributed by atoms with Crippen LogP contribution < -0.4 is 0 Å². The van der Waals surface area contributed by atoms with Gasteiger partial charge in [0.05, 0.1) is 25.3 Å². The van der Waals surface area contributed by atoms with Gasteiger partial charge in [0.15, 0.2) is 5.78 Å². The lowest BCUT2D eigenvalue weighted by molar-refractivity contribution is -0.0861. The lowest BCUT2D eigenvalue weighted by Crippen LogP contribution is -2.60. The Morgan fingerprint density at radius 1 is 1.00 bits per heavy atom. The van der Waals surface area contributed by atoms with Gasteiger partial charge in [0.1, 0.15) is 5.60 Å². The molecule has 2 bridgehead atoms. The maximum absolute atomic E-state index is 13.6. The highest BCUT2D eigenvalue weighted by Gasteiger charge is 2.45. The quantitative estimate of drug-likeness (QED) is 0.686. The van der Waals surface area contributed by atoms with Gasteiger partial charge in [0.2, 0.25) is 0 Å².